The topological polar surface area (TPSA) is 67.9 Å². The van der Waals surface area contributed by atoms with Gasteiger partial charge in [-0.1, -0.05) is 24.3 Å². The van der Waals surface area contributed by atoms with Gasteiger partial charge in [0.05, 0.1) is 13.2 Å². The molecular weight excluding hydrogens is 388 g/mol. The van der Waals surface area contributed by atoms with Gasteiger partial charge in [-0.05, 0) is 47.4 Å². The number of methoxy groups -OCH3 is 1. The summed E-state index contributed by atoms with van der Waals surface area (Å²) in [7, 11) is 1.49. The van der Waals surface area contributed by atoms with Crippen molar-refractivity contribution in [3.05, 3.63) is 46.7 Å². The van der Waals surface area contributed by atoms with E-state index >= 15 is 0 Å². The molecule has 7 heteroatoms. The fourth-order valence-electron chi connectivity index (χ4n) is 3.61. The smallest absolute Gasteiger partial charge is 0.254 e. The Hall–Kier alpha value is -2.22. The highest BCUT2D eigenvalue weighted by molar-refractivity contribution is 7.08. The van der Waals surface area contributed by atoms with Gasteiger partial charge in [-0.25, -0.2) is 0 Å². The number of amides is 2. The van der Waals surface area contributed by atoms with Gasteiger partial charge in [0, 0.05) is 26.1 Å². The fraction of sp³-hybridized carbons (Fsp3) is 0.455. The lowest BCUT2D eigenvalue weighted by Crippen LogP contribution is -2.63. The molecule has 0 spiro atoms. The van der Waals surface area contributed by atoms with Crippen molar-refractivity contribution in [2.45, 2.75) is 31.9 Å². The Morgan fingerprint density at radius 1 is 1.31 bits per heavy atom. The Morgan fingerprint density at radius 3 is 2.79 bits per heavy atom. The van der Waals surface area contributed by atoms with E-state index in [1.807, 2.05) is 37.4 Å². The molecule has 2 amide bonds. The lowest BCUT2D eigenvalue weighted by Gasteiger charge is -2.42. The average Bonchev–Trinajstić information content (AvgIpc) is 3.23. The van der Waals surface area contributed by atoms with Crippen molar-refractivity contribution in [2.24, 2.45) is 0 Å². The predicted molar refractivity (Wildman–Crippen MR) is 114 cm³/mol. The molecule has 1 unspecified atom stereocenters. The van der Waals surface area contributed by atoms with Gasteiger partial charge in [0.1, 0.15) is 6.61 Å². The number of benzene rings is 1. The zero-order valence-corrected chi connectivity index (χ0v) is 18.0. The minimum Gasteiger partial charge on any atom is -0.375 e. The molecule has 0 radical (unpaired) electrons. The summed E-state index contributed by atoms with van der Waals surface area (Å²) < 4.78 is 11.1. The van der Waals surface area contributed by atoms with Crippen LogP contribution in [0.1, 0.15) is 19.4 Å². The highest BCUT2D eigenvalue weighted by atomic mass is 32.1. The fourth-order valence-corrected chi connectivity index (χ4v) is 4.27. The van der Waals surface area contributed by atoms with E-state index in [4.69, 9.17) is 9.47 Å². The molecule has 0 aliphatic carbocycles. The second-order valence-electron chi connectivity index (χ2n) is 7.57. The van der Waals surface area contributed by atoms with Crippen molar-refractivity contribution in [2.75, 3.05) is 33.4 Å². The molecule has 2 aromatic rings. The number of carbonyl (C=O) groups is 2. The summed E-state index contributed by atoms with van der Waals surface area (Å²) in [6.07, 6.45) is 0.383. The molecule has 0 saturated carbocycles. The van der Waals surface area contributed by atoms with E-state index in [0.29, 0.717) is 19.6 Å². The Labute approximate surface area is 175 Å². The predicted octanol–water partition coefficient (Wildman–Crippen LogP) is 2.73. The first-order valence-electron chi connectivity index (χ1n) is 9.77. The first-order chi connectivity index (χ1) is 13.9. The highest BCUT2D eigenvalue weighted by Gasteiger charge is 2.45. The molecule has 1 aromatic heterocycles. The third-order valence-corrected chi connectivity index (χ3v) is 5.65. The van der Waals surface area contributed by atoms with E-state index in [-0.39, 0.29) is 31.0 Å². The minimum atomic E-state index is -1.14. The number of hydrogen-bond donors (Lipinski definition) is 1. The van der Waals surface area contributed by atoms with Crippen molar-refractivity contribution >= 4 is 23.2 Å². The average molecular weight is 417 g/mol. The van der Waals surface area contributed by atoms with Gasteiger partial charge in [-0.15, -0.1) is 0 Å². The van der Waals surface area contributed by atoms with Crippen LogP contribution in [0.2, 0.25) is 0 Å². The van der Waals surface area contributed by atoms with Gasteiger partial charge in [0.2, 0.25) is 5.91 Å². The van der Waals surface area contributed by atoms with Gasteiger partial charge in [0.25, 0.3) is 5.91 Å². The summed E-state index contributed by atoms with van der Waals surface area (Å²) in [6.45, 7) is 4.79. The molecule has 29 heavy (non-hydrogen) atoms. The number of ether oxygens (including phenoxy) is 2. The van der Waals surface area contributed by atoms with Crippen LogP contribution in [-0.2, 0) is 25.5 Å². The largest absolute Gasteiger partial charge is 0.375 e. The summed E-state index contributed by atoms with van der Waals surface area (Å²) in [5.41, 5.74) is 2.08. The number of nitrogens with zero attached hydrogens (tertiary/aromatic N) is 1. The normalized spacial score (nSPS) is 19.4. The molecule has 1 aliphatic rings. The van der Waals surface area contributed by atoms with Crippen LogP contribution in [0, 0.1) is 0 Å². The molecule has 1 N–H and O–H groups in total. The number of nitrogens with one attached hydrogen (secondary N) is 1. The first kappa shape index (κ1) is 21.5. The Balaban J connectivity index is 1.95. The summed E-state index contributed by atoms with van der Waals surface area (Å²) in [5, 5.41) is 7.12. The van der Waals surface area contributed by atoms with E-state index in [0.717, 1.165) is 16.7 Å². The summed E-state index contributed by atoms with van der Waals surface area (Å²) in [5.74, 6) is -0.328. The van der Waals surface area contributed by atoms with Crippen LogP contribution in [0.3, 0.4) is 0 Å². The van der Waals surface area contributed by atoms with Crippen LogP contribution in [0.5, 0.6) is 0 Å². The van der Waals surface area contributed by atoms with Crippen molar-refractivity contribution in [1.29, 1.82) is 0 Å². The van der Waals surface area contributed by atoms with Gasteiger partial charge < -0.3 is 19.7 Å². The monoisotopic (exact) mass is 416 g/mol. The molecule has 156 valence electrons. The molecule has 1 fully saturated rings. The maximum atomic E-state index is 13.3. The van der Waals surface area contributed by atoms with Gasteiger partial charge in [0.15, 0.2) is 5.60 Å². The Bertz CT molecular complexity index is 837. The van der Waals surface area contributed by atoms with Crippen LogP contribution in [-0.4, -0.2) is 61.8 Å². The number of carbonyl (C=O) groups excluding carboxylic acids is 2. The van der Waals surface area contributed by atoms with E-state index in [1.165, 1.54) is 7.11 Å². The molecule has 1 aromatic carbocycles. The van der Waals surface area contributed by atoms with Crippen LogP contribution in [0.4, 0.5) is 0 Å². The van der Waals surface area contributed by atoms with Crippen LogP contribution >= 0.6 is 11.3 Å². The van der Waals surface area contributed by atoms with Crippen LogP contribution < -0.4 is 5.32 Å². The number of morpholine rings is 1. The van der Waals surface area contributed by atoms with Crippen LogP contribution in [0.15, 0.2) is 41.1 Å². The lowest BCUT2D eigenvalue weighted by molar-refractivity contribution is -0.167. The molecule has 1 atom stereocenters. The third kappa shape index (κ3) is 5.04. The lowest BCUT2D eigenvalue weighted by atomic mass is 9.87. The maximum absolute atomic E-state index is 13.3. The second-order valence-corrected chi connectivity index (χ2v) is 8.35. The highest BCUT2D eigenvalue weighted by Crippen LogP contribution is 2.31. The van der Waals surface area contributed by atoms with Crippen molar-refractivity contribution in [1.82, 2.24) is 10.2 Å². The molecule has 1 aliphatic heterocycles. The molecule has 6 nitrogen and oxygen atoms in total. The minimum absolute atomic E-state index is 0.00658. The number of rotatable bonds is 7. The molecular formula is C22H28N2O4S. The van der Waals surface area contributed by atoms with Crippen molar-refractivity contribution in [3.8, 4) is 11.1 Å². The summed E-state index contributed by atoms with van der Waals surface area (Å²) in [4.78, 5) is 27.4. The molecule has 1 saturated heterocycles. The Kier molecular flexibility index (Phi) is 7.05. The van der Waals surface area contributed by atoms with Crippen molar-refractivity contribution in [3.63, 3.8) is 0 Å². The van der Waals surface area contributed by atoms with Crippen molar-refractivity contribution < 1.29 is 19.1 Å². The third-order valence-electron chi connectivity index (χ3n) is 4.97. The van der Waals surface area contributed by atoms with Gasteiger partial charge in [-0.3, -0.25) is 9.59 Å². The zero-order valence-electron chi connectivity index (χ0n) is 17.1. The first-order valence-corrected chi connectivity index (χ1v) is 10.7. The van der Waals surface area contributed by atoms with Crippen LogP contribution in [0.25, 0.3) is 11.1 Å². The Morgan fingerprint density at radius 2 is 2.10 bits per heavy atom. The second kappa shape index (κ2) is 9.52. The van der Waals surface area contributed by atoms with E-state index in [1.54, 1.807) is 16.2 Å². The van der Waals surface area contributed by atoms with E-state index < -0.39 is 5.60 Å². The van der Waals surface area contributed by atoms with E-state index in [9.17, 15) is 9.59 Å². The summed E-state index contributed by atoms with van der Waals surface area (Å²) in [6, 6.07) is 10.1. The van der Waals surface area contributed by atoms with Gasteiger partial charge >= 0.3 is 0 Å². The van der Waals surface area contributed by atoms with E-state index in [2.05, 4.69) is 22.8 Å². The SMILES string of the molecule is COCC(=O)N1CCOC(Cc2ccccc2-c2ccsc2)(C(=O)NC(C)C)C1. The molecule has 3 rings (SSSR count). The quantitative estimate of drug-likeness (QED) is 0.754. The molecule has 2 heterocycles. The number of hydrogen-bond acceptors (Lipinski definition) is 5. The molecule has 0 bridgehead atoms. The summed E-state index contributed by atoms with van der Waals surface area (Å²) >= 11 is 1.64. The number of thiophene rings is 1. The zero-order chi connectivity index (χ0) is 20.9. The maximum Gasteiger partial charge on any atom is 0.254 e. The standard InChI is InChI=1S/C22H28N2O4S/c1-16(2)23-21(26)22(15-24(9-10-28-22)20(25)13-27-3)12-17-6-4-5-7-19(17)18-8-11-29-14-18/h4-8,11,14,16H,9-10,12-13,15H2,1-3H3,(H,23,26). The van der Waals surface area contributed by atoms with Gasteiger partial charge in [-0.2, -0.15) is 11.3 Å².